The van der Waals surface area contributed by atoms with Crippen LogP contribution >= 0.6 is 0 Å². The summed E-state index contributed by atoms with van der Waals surface area (Å²) >= 11 is 0. The van der Waals surface area contributed by atoms with E-state index in [1.807, 2.05) is 0 Å². The lowest BCUT2D eigenvalue weighted by molar-refractivity contribution is 0.260. The van der Waals surface area contributed by atoms with Gasteiger partial charge >= 0.3 is 0 Å². The van der Waals surface area contributed by atoms with Gasteiger partial charge in [-0.05, 0) is 50.4 Å². The SMILES string of the molecule is C1CC(NC2CC2)CC(C2CC2)C1. The van der Waals surface area contributed by atoms with Crippen LogP contribution in [0.15, 0.2) is 0 Å². The molecule has 3 rings (SSSR count). The molecule has 74 valence electrons. The summed E-state index contributed by atoms with van der Waals surface area (Å²) in [5, 5.41) is 3.81. The van der Waals surface area contributed by atoms with E-state index >= 15 is 0 Å². The molecule has 0 saturated heterocycles. The lowest BCUT2D eigenvalue weighted by Crippen LogP contribution is -2.36. The topological polar surface area (TPSA) is 12.0 Å². The lowest BCUT2D eigenvalue weighted by atomic mass is 9.83. The minimum absolute atomic E-state index is 0.895. The first kappa shape index (κ1) is 8.28. The Balaban J connectivity index is 1.50. The monoisotopic (exact) mass is 179 g/mol. The highest BCUT2D eigenvalue weighted by molar-refractivity contribution is 4.91. The molecule has 0 amide bonds. The van der Waals surface area contributed by atoms with Crippen molar-refractivity contribution in [1.29, 1.82) is 0 Å². The fraction of sp³-hybridized carbons (Fsp3) is 1.00. The van der Waals surface area contributed by atoms with Crippen LogP contribution in [-0.2, 0) is 0 Å². The Hall–Kier alpha value is -0.0400. The van der Waals surface area contributed by atoms with Crippen LogP contribution in [0.25, 0.3) is 0 Å². The van der Waals surface area contributed by atoms with Crippen LogP contribution in [-0.4, -0.2) is 12.1 Å². The molecule has 2 atom stereocenters. The third kappa shape index (κ3) is 2.07. The average molecular weight is 179 g/mol. The molecule has 3 saturated carbocycles. The van der Waals surface area contributed by atoms with Crippen LogP contribution in [0, 0.1) is 11.8 Å². The fourth-order valence-corrected chi connectivity index (χ4v) is 2.96. The maximum atomic E-state index is 3.81. The van der Waals surface area contributed by atoms with Crippen LogP contribution in [0.2, 0.25) is 0 Å². The van der Waals surface area contributed by atoms with Crippen molar-refractivity contribution in [3.8, 4) is 0 Å². The zero-order valence-electron chi connectivity index (χ0n) is 8.47. The van der Waals surface area contributed by atoms with Gasteiger partial charge in [-0.1, -0.05) is 12.8 Å². The summed E-state index contributed by atoms with van der Waals surface area (Å²) in [6.07, 6.45) is 12.0. The molecule has 13 heavy (non-hydrogen) atoms. The number of nitrogens with one attached hydrogen (secondary N) is 1. The van der Waals surface area contributed by atoms with Crippen molar-refractivity contribution < 1.29 is 0 Å². The second-order valence-electron chi connectivity index (χ2n) is 5.40. The minimum Gasteiger partial charge on any atom is -0.311 e. The Morgan fingerprint density at radius 2 is 1.54 bits per heavy atom. The van der Waals surface area contributed by atoms with Gasteiger partial charge < -0.3 is 5.32 Å². The normalized spacial score (nSPS) is 40.6. The zero-order chi connectivity index (χ0) is 8.67. The van der Waals surface area contributed by atoms with E-state index in [-0.39, 0.29) is 0 Å². The summed E-state index contributed by atoms with van der Waals surface area (Å²) in [6, 6.07) is 1.81. The van der Waals surface area contributed by atoms with Crippen molar-refractivity contribution in [2.45, 2.75) is 63.5 Å². The second-order valence-corrected chi connectivity index (χ2v) is 5.40. The van der Waals surface area contributed by atoms with Gasteiger partial charge in [-0.3, -0.25) is 0 Å². The predicted octanol–water partition coefficient (Wildman–Crippen LogP) is 2.71. The van der Waals surface area contributed by atoms with Crippen LogP contribution in [0.1, 0.15) is 51.4 Å². The van der Waals surface area contributed by atoms with Crippen LogP contribution in [0.4, 0.5) is 0 Å². The van der Waals surface area contributed by atoms with Gasteiger partial charge in [0, 0.05) is 12.1 Å². The summed E-state index contributed by atoms with van der Waals surface area (Å²) in [5.74, 6) is 2.24. The average Bonchev–Trinajstić information content (AvgIpc) is 3.00. The van der Waals surface area contributed by atoms with Crippen molar-refractivity contribution in [1.82, 2.24) is 5.32 Å². The predicted molar refractivity (Wildman–Crippen MR) is 54.6 cm³/mol. The minimum atomic E-state index is 0.895. The van der Waals surface area contributed by atoms with E-state index in [2.05, 4.69) is 5.32 Å². The molecule has 3 fully saturated rings. The van der Waals surface area contributed by atoms with E-state index in [1.54, 1.807) is 12.8 Å². The Kier molecular flexibility index (Phi) is 2.08. The highest BCUT2D eigenvalue weighted by atomic mass is 15.0. The Bertz CT molecular complexity index is 182. The first-order valence-electron chi connectivity index (χ1n) is 6.18. The molecule has 0 radical (unpaired) electrons. The van der Waals surface area contributed by atoms with Crippen molar-refractivity contribution in [2.75, 3.05) is 0 Å². The van der Waals surface area contributed by atoms with Crippen LogP contribution in [0.5, 0.6) is 0 Å². The molecule has 3 aliphatic rings. The van der Waals surface area contributed by atoms with E-state index in [0.29, 0.717) is 0 Å². The summed E-state index contributed by atoms with van der Waals surface area (Å²) in [4.78, 5) is 0. The lowest BCUT2D eigenvalue weighted by Gasteiger charge is -2.30. The smallest absolute Gasteiger partial charge is 0.00723 e. The number of hydrogen-bond donors (Lipinski definition) is 1. The van der Waals surface area contributed by atoms with Crippen LogP contribution in [0.3, 0.4) is 0 Å². The molecule has 0 heterocycles. The van der Waals surface area contributed by atoms with E-state index in [0.717, 1.165) is 23.9 Å². The second kappa shape index (κ2) is 3.27. The van der Waals surface area contributed by atoms with Gasteiger partial charge in [-0.2, -0.15) is 0 Å². The van der Waals surface area contributed by atoms with Crippen molar-refractivity contribution in [2.24, 2.45) is 11.8 Å². The Morgan fingerprint density at radius 3 is 2.23 bits per heavy atom. The third-order valence-corrected chi connectivity index (χ3v) is 4.05. The molecular formula is C12H21N. The van der Waals surface area contributed by atoms with E-state index in [1.165, 1.54) is 38.5 Å². The first-order valence-corrected chi connectivity index (χ1v) is 6.18. The fourth-order valence-electron chi connectivity index (χ4n) is 2.96. The standard InChI is InChI=1S/C12H21N/c1-2-10(9-4-5-9)8-12(3-1)13-11-6-7-11/h9-13H,1-8H2. The highest BCUT2D eigenvalue weighted by Crippen LogP contribution is 2.44. The zero-order valence-corrected chi connectivity index (χ0v) is 8.47. The van der Waals surface area contributed by atoms with E-state index in [9.17, 15) is 0 Å². The Morgan fingerprint density at radius 1 is 0.692 bits per heavy atom. The Labute approximate surface area is 81.3 Å². The van der Waals surface area contributed by atoms with Crippen molar-refractivity contribution >= 4 is 0 Å². The summed E-state index contributed by atoms with van der Waals surface area (Å²) < 4.78 is 0. The molecular weight excluding hydrogens is 158 g/mol. The van der Waals surface area contributed by atoms with Gasteiger partial charge in [0.25, 0.3) is 0 Å². The first-order chi connectivity index (χ1) is 6.42. The van der Waals surface area contributed by atoms with E-state index in [4.69, 9.17) is 0 Å². The maximum Gasteiger partial charge on any atom is 0.00723 e. The van der Waals surface area contributed by atoms with Gasteiger partial charge in [0.15, 0.2) is 0 Å². The molecule has 0 aromatic rings. The molecule has 0 aromatic heterocycles. The number of hydrogen-bond acceptors (Lipinski definition) is 1. The molecule has 0 aliphatic heterocycles. The molecule has 1 N–H and O–H groups in total. The van der Waals surface area contributed by atoms with Gasteiger partial charge in [-0.25, -0.2) is 0 Å². The van der Waals surface area contributed by atoms with E-state index < -0.39 is 0 Å². The van der Waals surface area contributed by atoms with Crippen molar-refractivity contribution in [3.63, 3.8) is 0 Å². The summed E-state index contributed by atoms with van der Waals surface area (Å²) in [7, 11) is 0. The number of rotatable bonds is 3. The largest absolute Gasteiger partial charge is 0.311 e. The molecule has 3 aliphatic carbocycles. The molecule has 1 nitrogen and oxygen atoms in total. The van der Waals surface area contributed by atoms with Gasteiger partial charge in [-0.15, -0.1) is 0 Å². The molecule has 0 aromatic carbocycles. The third-order valence-electron chi connectivity index (χ3n) is 4.05. The van der Waals surface area contributed by atoms with Gasteiger partial charge in [0.1, 0.15) is 0 Å². The van der Waals surface area contributed by atoms with Gasteiger partial charge in [0.05, 0.1) is 0 Å². The molecule has 2 unspecified atom stereocenters. The summed E-state index contributed by atoms with van der Waals surface area (Å²) in [6.45, 7) is 0. The quantitative estimate of drug-likeness (QED) is 0.702. The molecule has 1 heteroatoms. The molecule has 0 bridgehead atoms. The maximum absolute atomic E-state index is 3.81. The van der Waals surface area contributed by atoms with Crippen molar-refractivity contribution in [3.05, 3.63) is 0 Å². The summed E-state index contributed by atoms with van der Waals surface area (Å²) in [5.41, 5.74) is 0. The molecule has 0 spiro atoms. The van der Waals surface area contributed by atoms with Crippen LogP contribution < -0.4 is 5.32 Å². The highest BCUT2D eigenvalue weighted by Gasteiger charge is 2.35. The van der Waals surface area contributed by atoms with Gasteiger partial charge in [0.2, 0.25) is 0 Å².